The van der Waals surface area contributed by atoms with Crippen LogP contribution in [0.5, 0.6) is 5.88 Å². The van der Waals surface area contributed by atoms with Gasteiger partial charge in [-0.25, -0.2) is 9.49 Å². The van der Waals surface area contributed by atoms with E-state index < -0.39 is 17.3 Å². The van der Waals surface area contributed by atoms with Gasteiger partial charge < -0.3 is 10.1 Å². The molecule has 2 aromatic heterocycles. The Kier molecular flexibility index (Phi) is 3.54. The highest BCUT2D eigenvalue weighted by atomic mass is 19.1. The lowest BCUT2D eigenvalue weighted by Gasteiger charge is -2.00. The molecule has 1 amide bonds. The molecule has 0 radical (unpaired) electrons. The highest BCUT2D eigenvalue weighted by Crippen LogP contribution is 2.35. The van der Waals surface area contributed by atoms with Crippen LogP contribution in [0.15, 0.2) is 57.5 Å². The minimum atomic E-state index is -0.817. The summed E-state index contributed by atoms with van der Waals surface area (Å²) >= 11 is 0. The molecule has 0 atom stereocenters. The molecule has 0 bridgehead atoms. The molecule has 4 aromatic rings. The van der Waals surface area contributed by atoms with Crippen LogP contribution in [0.3, 0.4) is 0 Å². The summed E-state index contributed by atoms with van der Waals surface area (Å²) in [5.74, 6) is -1.68. The van der Waals surface area contributed by atoms with Crippen molar-refractivity contribution in [2.75, 3.05) is 0 Å². The maximum Gasteiger partial charge on any atom is 0.316 e. The average molecular weight is 351 g/mol. The molecular formula is C17H10FN5O3. The summed E-state index contributed by atoms with van der Waals surface area (Å²) in [6.07, 6.45) is 0. The molecule has 0 saturated carbocycles. The third-order valence-corrected chi connectivity index (χ3v) is 3.85. The number of aromatic nitrogens is 3. The topological polar surface area (TPSA) is 124 Å². The van der Waals surface area contributed by atoms with Crippen LogP contribution in [-0.4, -0.2) is 26.2 Å². The maximum atomic E-state index is 13.4. The number of H-pyrrole nitrogens is 2. The number of hydrogen-bond donors (Lipinski definition) is 3. The first-order valence-corrected chi connectivity index (χ1v) is 7.48. The number of halogens is 1. The van der Waals surface area contributed by atoms with E-state index in [2.05, 4.69) is 25.4 Å². The minimum absolute atomic E-state index is 0.0680. The van der Waals surface area contributed by atoms with Gasteiger partial charge in [0.25, 0.3) is 5.56 Å². The first-order valence-electron chi connectivity index (χ1n) is 7.48. The van der Waals surface area contributed by atoms with E-state index in [0.29, 0.717) is 10.9 Å². The third kappa shape index (κ3) is 2.51. The first kappa shape index (κ1) is 15.6. The molecule has 128 valence electrons. The standard InChI is InChI=1S/C17H10FN5O3/c18-8-5-6-12-11(7-8)14(16(25)19-12)21-23-17(26)13-9-3-1-2-4-10(9)15(24)22-20-13/h1-7,19,25H,(H,22,24). The fraction of sp³-hybridized carbons (Fsp3) is 0. The van der Waals surface area contributed by atoms with Crippen LogP contribution >= 0.6 is 0 Å². The zero-order valence-corrected chi connectivity index (χ0v) is 13.0. The van der Waals surface area contributed by atoms with Crippen molar-refractivity contribution < 1.29 is 14.3 Å². The number of azo groups is 1. The van der Waals surface area contributed by atoms with Crippen LogP contribution in [-0.2, 0) is 0 Å². The van der Waals surface area contributed by atoms with E-state index in [-0.39, 0.29) is 28.0 Å². The summed E-state index contributed by atoms with van der Waals surface area (Å²) in [6.45, 7) is 0. The van der Waals surface area contributed by atoms with Gasteiger partial charge in [0, 0.05) is 10.8 Å². The van der Waals surface area contributed by atoms with E-state index in [1.54, 1.807) is 24.3 Å². The van der Waals surface area contributed by atoms with E-state index in [0.717, 1.165) is 6.07 Å². The van der Waals surface area contributed by atoms with Gasteiger partial charge in [-0.05, 0) is 24.3 Å². The number of nitrogens with zero attached hydrogens (tertiary/aromatic N) is 3. The Morgan fingerprint density at radius 2 is 1.88 bits per heavy atom. The molecular weight excluding hydrogens is 341 g/mol. The average Bonchev–Trinajstić information content (AvgIpc) is 2.95. The van der Waals surface area contributed by atoms with Crippen molar-refractivity contribution in [3.05, 3.63) is 64.3 Å². The number of fused-ring (bicyclic) bond motifs is 2. The Hall–Kier alpha value is -3.88. The highest BCUT2D eigenvalue weighted by Gasteiger charge is 2.15. The van der Waals surface area contributed by atoms with Crippen LogP contribution in [0, 0.1) is 5.82 Å². The van der Waals surface area contributed by atoms with Crippen molar-refractivity contribution in [3.8, 4) is 5.88 Å². The van der Waals surface area contributed by atoms with E-state index >= 15 is 0 Å². The molecule has 3 N–H and O–H groups in total. The van der Waals surface area contributed by atoms with E-state index in [4.69, 9.17) is 0 Å². The lowest BCUT2D eigenvalue weighted by molar-refractivity contribution is 0.0991. The predicted molar refractivity (Wildman–Crippen MR) is 91.1 cm³/mol. The Labute approximate surface area is 144 Å². The molecule has 2 heterocycles. The maximum absolute atomic E-state index is 13.4. The Balaban J connectivity index is 1.78. The number of amides is 1. The molecule has 0 aliphatic carbocycles. The van der Waals surface area contributed by atoms with Crippen molar-refractivity contribution in [2.24, 2.45) is 10.2 Å². The molecule has 0 fully saturated rings. The summed E-state index contributed by atoms with van der Waals surface area (Å²) in [7, 11) is 0. The monoisotopic (exact) mass is 351 g/mol. The number of carbonyl (C=O) groups excluding carboxylic acids is 1. The highest BCUT2D eigenvalue weighted by molar-refractivity contribution is 6.05. The second-order valence-electron chi connectivity index (χ2n) is 5.46. The van der Waals surface area contributed by atoms with Crippen LogP contribution in [0.2, 0.25) is 0 Å². The minimum Gasteiger partial charge on any atom is -0.493 e. The lowest BCUT2D eigenvalue weighted by Crippen LogP contribution is -2.13. The molecule has 4 rings (SSSR count). The Bertz CT molecular complexity index is 1260. The fourth-order valence-corrected chi connectivity index (χ4v) is 2.66. The fourth-order valence-electron chi connectivity index (χ4n) is 2.66. The van der Waals surface area contributed by atoms with Crippen LogP contribution in [0.25, 0.3) is 21.7 Å². The van der Waals surface area contributed by atoms with E-state index in [1.165, 1.54) is 12.1 Å². The number of benzene rings is 2. The normalized spacial score (nSPS) is 11.6. The van der Waals surface area contributed by atoms with Crippen molar-refractivity contribution in [3.63, 3.8) is 0 Å². The molecule has 0 spiro atoms. The van der Waals surface area contributed by atoms with Gasteiger partial charge in [-0.1, -0.05) is 18.2 Å². The number of aromatic hydroxyl groups is 1. The molecule has 0 unspecified atom stereocenters. The second-order valence-corrected chi connectivity index (χ2v) is 5.46. The van der Waals surface area contributed by atoms with Gasteiger partial charge >= 0.3 is 5.91 Å². The second kappa shape index (κ2) is 5.88. The van der Waals surface area contributed by atoms with Crippen molar-refractivity contribution >= 4 is 33.3 Å². The van der Waals surface area contributed by atoms with E-state index in [1.807, 2.05) is 0 Å². The van der Waals surface area contributed by atoms with Crippen molar-refractivity contribution in [1.29, 1.82) is 0 Å². The smallest absolute Gasteiger partial charge is 0.316 e. The number of rotatable bonds is 2. The number of carbonyl (C=O) groups is 1. The summed E-state index contributed by atoms with van der Waals surface area (Å²) in [6, 6.07) is 10.3. The number of hydrogen-bond acceptors (Lipinski definition) is 5. The Morgan fingerprint density at radius 3 is 2.69 bits per heavy atom. The Morgan fingerprint density at radius 1 is 1.12 bits per heavy atom. The zero-order valence-electron chi connectivity index (χ0n) is 13.0. The zero-order chi connectivity index (χ0) is 18.3. The largest absolute Gasteiger partial charge is 0.493 e. The van der Waals surface area contributed by atoms with Gasteiger partial charge in [-0.2, -0.15) is 5.10 Å². The summed E-state index contributed by atoms with van der Waals surface area (Å²) in [5, 5.41) is 24.1. The molecule has 0 aliphatic rings. The lowest BCUT2D eigenvalue weighted by atomic mass is 10.1. The van der Waals surface area contributed by atoms with Gasteiger partial charge in [-0.15, -0.1) is 10.2 Å². The number of aromatic amines is 2. The molecule has 2 aromatic carbocycles. The van der Waals surface area contributed by atoms with Crippen molar-refractivity contribution in [2.45, 2.75) is 0 Å². The predicted octanol–water partition coefficient (Wildman–Crippen LogP) is 3.17. The molecule has 26 heavy (non-hydrogen) atoms. The van der Waals surface area contributed by atoms with Gasteiger partial charge in [0.05, 0.1) is 10.9 Å². The summed E-state index contributed by atoms with van der Waals surface area (Å²) in [5.41, 5.74) is -0.146. The summed E-state index contributed by atoms with van der Waals surface area (Å²) in [4.78, 5) is 26.7. The SMILES string of the molecule is O=C(N=Nc1c(O)[nH]c2ccc(F)cc12)c1n[nH]c(=O)c2ccccc12. The van der Waals surface area contributed by atoms with Crippen molar-refractivity contribution in [1.82, 2.24) is 15.2 Å². The molecule has 8 nitrogen and oxygen atoms in total. The van der Waals surface area contributed by atoms with Gasteiger partial charge in [-0.3, -0.25) is 9.59 Å². The molecule has 0 aliphatic heterocycles. The molecule has 0 saturated heterocycles. The quantitative estimate of drug-likeness (QED) is 0.480. The van der Waals surface area contributed by atoms with Gasteiger partial charge in [0.2, 0.25) is 5.88 Å². The summed E-state index contributed by atoms with van der Waals surface area (Å²) < 4.78 is 13.4. The third-order valence-electron chi connectivity index (χ3n) is 3.85. The van der Waals surface area contributed by atoms with Crippen LogP contribution < -0.4 is 5.56 Å². The van der Waals surface area contributed by atoms with E-state index in [9.17, 15) is 19.1 Å². The molecule has 9 heteroatoms. The first-order chi connectivity index (χ1) is 12.5. The number of nitrogens with one attached hydrogen (secondary N) is 2. The van der Waals surface area contributed by atoms with Gasteiger partial charge in [0.1, 0.15) is 5.82 Å². The van der Waals surface area contributed by atoms with Gasteiger partial charge in [0.15, 0.2) is 11.4 Å². The van der Waals surface area contributed by atoms with Crippen LogP contribution in [0.1, 0.15) is 10.5 Å². The van der Waals surface area contributed by atoms with Crippen LogP contribution in [0.4, 0.5) is 10.1 Å².